The fourth-order valence-electron chi connectivity index (χ4n) is 6.41. The number of nitrogens with zero attached hydrogens (tertiary/aromatic N) is 1. The summed E-state index contributed by atoms with van der Waals surface area (Å²) in [6, 6.07) is 54.6. The SMILES string of the molecule is c1ccc(-c2ccc(-c3cccc(-c4c5ccccc5c(-c5cccc6ccccc56)c5ccncc45)c3)cc2)cc1. The van der Waals surface area contributed by atoms with E-state index in [0.29, 0.717) is 0 Å². The van der Waals surface area contributed by atoms with Crippen LogP contribution in [0.25, 0.3) is 76.8 Å². The summed E-state index contributed by atoms with van der Waals surface area (Å²) in [5, 5.41) is 7.37. The van der Waals surface area contributed by atoms with E-state index in [4.69, 9.17) is 0 Å². The molecule has 8 rings (SSSR count). The van der Waals surface area contributed by atoms with E-state index in [2.05, 4.69) is 157 Å². The second kappa shape index (κ2) is 10.1. The molecule has 0 spiro atoms. The summed E-state index contributed by atoms with van der Waals surface area (Å²) in [6.07, 6.45) is 3.95. The van der Waals surface area contributed by atoms with Gasteiger partial charge < -0.3 is 0 Å². The summed E-state index contributed by atoms with van der Waals surface area (Å²) in [7, 11) is 0. The van der Waals surface area contributed by atoms with E-state index in [1.807, 2.05) is 12.4 Å². The minimum atomic E-state index is 1.16. The molecule has 0 aliphatic rings. The van der Waals surface area contributed by atoms with Crippen LogP contribution in [0.2, 0.25) is 0 Å². The molecule has 0 fully saturated rings. The fourth-order valence-corrected chi connectivity index (χ4v) is 6.41. The second-order valence-corrected chi connectivity index (χ2v) is 10.8. The summed E-state index contributed by atoms with van der Waals surface area (Å²) >= 11 is 0. The Morgan fingerprint density at radius 2 is 0.881 bits per heavy atom. The van der Waals surface area contributed by atoms with Gasteiger partial charge in [0.2, 0.25) is 0 Å². The van der Waals surface area contributed by atoms with E-state index < -0.39 is 0 Å². The molecule has 1 aromatic heterocycles. The smallest absolute Gasteiger partial charge is 0.0353 e. The van der Waals surface area contributed by atoms with Gasteiger partial charge >= 0.3 is 0 Å². The van der Waals surface area contributed by atoms with Gasteiger partial charge in [-0.3, -0.25) is 4.98 Å². The number of hydrogen-bond donors (Lipinski definition) is 0. The molecule has 0 N–H and O–H groups in total. The second-order valence-electron chi connectivity index (χ2n) is 10.8. The largest absolute Gasteiger partial charge is 0.264 e. The van der Waals surface area contributed by atoms with Gasteiger partial charge in [0.25, 0.3) is 0 Å². The van der Waals surface area contributed by atoms with Crippen LogP contribution in [0.1, 0.15) is 0 Å². The number of rotatable bonds is 4. The van der Waals surface area contributed by atoms with Crippen LogP contribution in [0.3, 0.4) is 0 Å². The highest BCUT2D eigenvalue weighted by molar-refractivity contribution is 6.23. The van der Waals surface area contributed by atoms with E-state index in [1.54, 1.807) is 0 Å². The van der Waals surface area contributed by atoms with E-state index in [0.717, 1.165) is 5.39 Å². The Bertz CT molecular complexity index is 2170. The van der Waals surface area contributed by atoms with Gasteiger partial charge in [-0.15, -0.1) is 0 Å². The average Bonchev–Trinajstić information content (AvgIpc) is 3.07. The summed E-state index contributed by atoms with van der Waals surface area (Å²) in [5.74, 6) is 0. The Kier molecular flexibility index (Phi) is 5.86. The summed E-state index contributed by atoms with van der Waals surface area (Å²) < 4.78 is 0. The lowest BCUT2D eigenvalue weighted by molar-refractivity contribution is 1.37. The Labute approximate surface area is 245 Å². The summed E-state index contributed by atoms with van der Waals surface area (Å²) in [5.41, 5.74) is 9.79. The van der Waals surface area contributed by atoms with Gasteiger partial charge in [0, 0.05) is 17.8 Å². The first-order valence-corrected chi connectivity index (χ1v) is 14.4. The van der Waals surface area contributed by atoms with E-state index in [1.165, 1.54) is 71.4 Å². The molecule has 196 valence electrons. The Balaban J connectivity index is 1.34. The molecular formula is C41H27N. The van der Waals surface area contributed by atoms with Crippen molar-refractivity contribution in [2.45, 2.75) is 0 Å². The van der Waals surface area contributed by atoms with Crippen molar-refractivity contribution in [2.24, 2.45) is 0 Å². The van der Waals surface area contributed by atoms with Gasteiger partial charge in [-0.1, -0.05) is 140 Å². The fraction of sp³-hybridized carbons (Fsp3) is 0. The Hall–Kier alpha value is -5.53. The first kappa shape index (κ1) is 24.3. The molecule has 0 radical (unpaired) electrons. The first-order valence-electron chi connectivity index (χ1n) is 14.4. The van der Waals surface area contributed by atoms with Crippen LogP contribution >= 0.6 is 0 Å². The van der Waals surface area contributed by atoms with E-state index >= 15 is 0 Å². The molecule has 1 heteroatoms. The zero-order valence-electron chi connectivity index (χ0n) is 23.0. The molecule has 0 saturated heterocycles. The van der Waals surface area contributed by atoms with Gasteiger partial charge in [-0.05, 0) is 83.6 Å². The summed E-state index contributed by atoms with van der Waals surface area (Å²) in [4.78, 5) is 4.62. The van der Waals surface area contributed by atoms with Gasteiger partial charge in [0.05, 0.1) is 0 Å². The van der Waals surface area contributed by atoms with Gasteiger partial charge in [-0.25, -0.2) is 0 Å². The molecule has 8 aromatic rings. The zero-order chi connectivity index (χ0) is 27.9. The van der Waals surface area contributed by atoms with E-state index in [-0.39, 0.29) is 0 Å². The monoisotopic (exact) mass is 533 g/mol. The van der Waals surface area contributed by atoms with E-state index in [9.17, 15) is 0 Å². The Morgan fingerprint density at radius 1 is 0.333 bits per heavy atom. The number of fused-ring (bicyclic) bond motifs is 3. The topological polar surface area (TPSA) is 12.9 Å². The zero-order valence-corrected chi connectivity index (χ0v) is 23.0. The minimum absolute atomic E-state index is 1.16. The van der Waals surface area contributed by atoms with Crippen LogP contribution in [0.15, 0.2) is 164 Å². The molecule has 0 aliphatic carbocycles. The lowest BCUT2D eigenvalue weighted by Crippen LogP contribution is -1.92. The average molecular weight is 534 g/mol. The van der Waals surface area contributed by atoms with Gasteiger partial charge in [-0.2, -0.15) is 0 Å². The van der Waals surface area contributed by atoms with Crippen LogP contribution < -0.4 is 0 Å². The quantitative estimate of drug-likeness (QED) is 0.205. The molecule has 0 bridgehead atoms. The van der Waals surface area contributed by atoms with Crippen molar-refractivity contribution in [2.75, 3.05) is 0 Å². The van der Waals surface area contributed by atoms with Crippen LogP contribution in [-0.2, 0) is 0 Å². The van der Waals surface area contributed by atoms with Crippen LogP contribution in [0.4, 0.5) is 0 Å². The van der Waals surface area contributed by atoms with Crippen molar-refractivity contribution < 1.29 is 0 Å². The minimum Gasteiger partial charge on any atom is -0.264 e. The third-order valence-electron chi connectivity index (χ3n) is 8.36. The van der Waals surface area contributed by atoms with Crippen LogP contribution in [-0.4, -0.2) is 4.98 Å². The van der Waals surface area contributed by atoms with Crippen molar-refractivity contribution in [3.63, 3.8) is 0 Å². The lowest BCUT2D eigenvalue weighted by Gasteiger charge is -2.19. The molecule has 0 unspecified atom stereocenters. The van der Waals surface area contributed by atoms with Gasteiger partial charge in [0.15, 0.2) is 0 Å². The highest BCUT2D eigenvalue weighted by atomic mass is 14.6. The molecule has 7 aromatic carbocycles. The van der Waals surface area contributed by atoms with Crippen molar-refractivity contribution in [1.29, 1.82) is 0 Å². The predicted molar refractivity (Wildman–Crippen MR) is 178 cm³/mol. The third kappa shape index (κ3) is 4.06. The molecule has 0 atom stereocenters. The molecule has 0 saturated carbocycles. The molecule has 0 aliphatic heterocycles. The first-order chi connectivity index (χ1) is 20.8. The normalized spacial score (nSPS) is 11.3. The van der Waals surface area contributed by atoms with Crippen LogP contribution in [0, 0.1) is 0 Å². The maximum absolute atomic E-state index is 4.62. The lowest BCUT2D eigenvalue weighted by atomic mass is 9.85. The highest BCUT2D eigenvalue weighted by Crippen LogP contribution is 2.45. The number of benzene rings is 7. The Morgan fingerprint density at radius 3 is 1.69 bits per heavy atom. The van der Waals surface area contributed by atoms with Crippen LogP contribution in [0.5, 0.6) is 0 Å². The number of pyridine rings is 1. The maximum atomic E-state index is 4.62. The molecule has 1 heterocycles. The molecule has 0 amide bonds. The van der Waals surface area contributed by atoms with Crippen molar-refractivity contribution >= 4 is 32.3 Å². The maximum Gasteiger partial charge on any atom is 0.0353 e. The highest BCUT2D eigenvalue weighted by Gasteiger charge is 2.18. The standard InChI is InChI=1S/C41H27N/c1-2-10-28(11-3-1)29-20-22-30(23-21-29)32-14-8-15-33(26-32)40-36-17-6-7-18-37(36)41(38-24-25-42-27-39(38)40)35-19-9-13-31-12-4-5-16-34(31)35/h1-27H. The molecular weight excluding hydrogens is 506 g/mol. The van der Waals surface area contributed by atoms with Crippen molar-refractivity contribution in [3.8, 4) is 44.5 Å². The molecule has 1 nitrogen and oxygen atoms in total. The third-order valence-corrected chi connectivity index (χ3v) is 8.36. The van der Waals surface area contributed by atoms with Crippen molar-refractivity contribution in [1.82, 2.24) is 4.98 Å². The molecule has 42 heavy (non-hydrogen) atoms. The summed E-state index contributed by atoms with van der Waals surface area (Å²) in [6.45, 7) is 0. The number of aromatic nitrogens is 1. The number of hydrogen-bond acceptors (Lipinski definition) is 1. The van der Waals surface area contributed by atoms with Gasteiger partial charge in [0.1, 0.15) is 0 Å². The predicted octanol–water partition coefficient (Wildman–Crippen LogP) is 11.2. The van der Waals surface area contributed by atoms with Crippen molar-refractivity contribution in [3.05, 3.63) is 164 Å².